The molecule has 0 spiro atoms. The van der Waals surface area contributed by atoms with E-state index >= 15 is 0 Å². The van der Waals surface area contributed by atoms with Gasteiger partial charge in [0.05, 0.1) is 17.6 Å². The van der Waals surface area contributed by atoms with E-state index in [1.807, 2.05) is 0 Å². The van der Waals surface area contributed by atoms with E-state index in [2.05, 4.69) is 216 Å². The predicted molar refractivity (Wildman–Crippen MR) is 270 cm³/mol. The third-order valence-corrected chi connectivity index (χ3v) is 16.2. The zero-order valence-corrected chi connectivity index (χ0v) is 38.1. The zero-order chi connectivity index (χ0) is 43.5. The van der Waals surface area contributed by atoms with Crippen LogP contribution < -0.4 is 9.80 Å². The van der Waals surface area contributed by atoms with Crippen LogP contribution >= 0.6 is 0 Å². The lowest BCUT2D eigenvalue weighted by atomic mass is 9.74. The summed E-state index contributed by atoms with van der Waals surface area (Å²) in [7, 11) is 0. The van der Waals surface area contributed by atoms with E-state index in [-0.39, 0.29) is 5.54 Å². The van der Waals surface area contributed by atoms with Gasteiger partial charge < -0.3 is 19.6 Å². The Hall–Kier alpha value is -6.26. The molecule has 12 rings (SSSR count). The lowest BCUT2D eigenvalue weighted by Crippen LogP contribution is -2.51. The molecule has 2 aliphatic heterocycles. The number of fused-ring (bicyclic) bond motifs is 4. The minimum Gasteiger partial charge on any atom is -0.358 e. The molecular formula is C61H62N4. The Kier molecular flexibility index (Phi) is 10.3. The van der Waals surface area contributed by atoms with Crippen LogP contribution in [0.1, 0.15) is 89.5 Å². The fraction of sp³-hybridized carbons (Fsp3) is 0.311. The zero-order valence-electron chi connectivity index (χ0n) is 38.1. The van der Waals surface area contributed by atoms with Crippen LogP contribution in [0.15, 0.2) is 227 Å². The van der Waals surface area contributed by atoms with Gasteiger partial charge in [-0.15, -0.1) is 0 Å². The van der Waals surface area contributed by atoms with Crippen LogP contribution in [0.5, 0.6) is 0 Å². The molecule has 0 bridgehead atoms. The highest BCUT2D eigenvalue weighted by molar-refractivity contribution is 5.71. The van der Waals surface area contributed by atoms with Gasteiger partial charge in [0.15, 0.2) is 0 Å². The minimum absolute atomic E-state index is 0.0522. The summed E-state index contributed by atoms with van der Waals surface area (Å²) >= 11 is 0. The van der Waals surface area contributed by atoms with E-state index in [0.717, 1.165) is 57.8 Å². The van der Waals surface area contributed by atoms with Crippen molar-refractivity contribution < 1.29 is 0 Å². The van der Waals surface area contributed by atoms with Crippen molar-refractivity contribution >= 4 is 17.1 Å². The van der Waals surface area contributed by atoms with Gasteiger partial charge in [-0.2, -0.15) is 0 Å². The van der Waals surface area contributed by atoms with E-state index in [4.69, 9.17) is 0 Å². The SMILES string of the molecule is CC1C2C(=CCC1N(c1ccccc1)c1ccc(C3C=CC(N(C4=CC=CCC4)C4=CC5(C)C(CC4)C4=C(CC=C4)N5C4C=CC=CC4)=CC3)cc1)C1=C(C=CCC1)N2c1ccccc1. The summed E-state index contributed by atoms with van der Waals surface area (Å²) in [4.78, 5) is 10.8. The third-order valence-electron chi connectivity index (χ3n) is 16.2. The molecule has 4 nitrogen and oxygen atoms in total. The summed E-state index contributed by atoms with van der Waals surface area (Å²) in [5, 5.41) is 0. The molecule has 3 aromatic carbocycles. The fourth-order valence-electron chi connectivity index (χ4n) is 13.3. The number of hydrogen-bond donors (Lipinski definition) is 0. The molecule has 7 unspecified atom stereocenters. The first-order chi connectivity index (χ1) is 32.0. The van der Waals surface area contributed by atoms with Gasteiger partial charge in [-0.25, -0.2) is 0 Å². The molecule has 0 N–H and O–H groups in total. The van der Waals surface area contributed by atoms with Gasteiger partial charge in [-0.1, -0.05) is 128 Å². The average Bonchev–Trinajstić information content (AvgIpc) is 4.04. The Morgan fingerprint density at radius 2 is 1.51 bits per heavy atom. The number of rotatable bonds is 9. The van der Waals surface area contributed by atoms with Crippen LogP contribution in [0.25, 0.3) is 0 Å². The van der Waals surface area contributed by atoms with Crippen LogP contribution in [0, 0.1) is 11.8 Å². The maximum atomic E-state index is 2.81. The Morgan fingerprint density at radius 3 is 2.28 bits per heavy atom. The first-order valence-electron chi connectivity index (χ1n) is 24.7. The molecule has 2 heterocycles. The molecule has 0 aromatic heterocycles. The van der Waals surface area contributed by atoms with Crippen molar-refractivity contribution in [2.24, 2.45) is 11.8 Å². The molecule has 7 aliphatic carbocycles. The quantitative estimate of drug-likeness (QED) is 0.213. The normalized spacial score (nSPS) is 29.6. The van der Waals surface area contributed by atoms with Crippen LogP contribution in [-0.4, -0.2) is 33.5 Å². The summed E-state index contributed by atoms with van der Waals surface area (Å²) in [6, 6.07) is 32.8. The number of para-hydroxylation sites is 2. The summed E-state index contributed by atoms with van der Waals surface area (Å²) < 4.78 is 0. The number of anilines is 3. The molecule has 0 saturated heterocycles. The van der Waals surface area contributed by atoms with E-state index in [9.17, 15) is 0 Å². The predicted octanol–water partition coefficient (Wildman–Crippen LogP) is 14.6. The lowest BCUT2D eigenvalue weighted by molar-refractivity contribution is 0.128. The van der Waals surface area contributed by atoms with E-state index < -0.39 is 0 Å². The first-order valence-corrected chi connectivity index (χ1v) is 24.7. The second-order valence-corrected chi connectivity index (χ2v) is 19.8. The van der Waals surface area contributed by atoms with Crippen LogP contribution in [0.2, 0.25) is 0 Å². The molecular weight excluding hydrogens is 789 g/mol. The second-order valence-electron chi connectivity index (χ2n) is 19.8. The van der Waals surface area contributed by atoms with Gasteiger partial charge in [0.25, 0.3) is 0 Å². The van der Waals surface area contributed by atoms with Crippen LogP contribution in [0.4, 0.5) is 17.1 Å². The standard InChI is InChI=1S/C61H62N4/c1-43-57(41-39-54-53-26-15-16-28-58(53)64(60(43)54)48-22-11-5-12-23-48)63(47-20-9-4-10-21-47)50-36-32-45(33-37-50)44-30-34-49(35-31-44)62(46-18-7-3-8-19-46)52-38-40-56-55-27-17-29-59(55)65(61(56,2)42-52)51-24-13-6-14-25-51/h3-7,9-14,16-18,20-24,27-28,30,32-37,39,42-44,51,56-57,60H,8,15,19,25-26,29,31,38,40-41H2,1-2H3. The highest BCUT2D eigenvalue weighted by atomic mass is 15.3. The molecule has 9 aliphatic rings. The van der Waals surface area contributed by atoms with E-state index in [1.54, 1.807) is 22.4 Å². The fourth-order valence-corrected chi connectivity index (χ4v) is 13.3. The molecule has 0 saturated carbocycles. The smallest absolute Gasteiger partial charge is 0.0649 e. The van der Waals surface area contributed by atoms with Crippen LogP contribution in [0.3, 0.4) is 0 Å². The Balaban J connectivity index is 0.822. The second kappa shape index (κ2) is 16.6. The minimum atomic E-state index is -0.0522. The first kappa shape index (κ1) is 40.3. The van der Waals surface area contributed by atoms with Crippen molar-refractivity contribution in [2.75, 3.05) is 9.80 Å². The maximum Gasteiger partial charge on any atom is 0.0649 e. The Bertz CT molecular complexity index is 2730. The summed E-state index contributed by atoms with van der Waals surface area (Å²) in [5.41, 5.74) is 17.0. The van der Waals surface area contributed by atoms with Crippen molar-refractivity contribution in [3.63, 3.8) is 0 Å². The van der Waals surface area contributed by atoms with Crippen molar-refractivity contribution in [1.29, 1.82) is 0 Å². The molecule has 326 valence electrons. The average molecular weight is 851 g/mol. The summed E-state index contributed by atoms with van der Waals surface area (Å²) in [5.74, 6) is 1.25. The van der Waals surface area contributed by atoms with E-state index in [0.29, 0.717) is 35.9 Å². The Labute approximate surface area is 387 Å². The van der Waals surface area contributed by atoms with Crippen molar-refractivity contribution in [2.45, 2.75) is 108 Å². The van der Waals surface area contributed by atoms with Crippen molar-refractivity contribution in [3.05, 3.63) is 233 Å². The number of allylic oxidation sites excluding steroid dienone is 14. The largest absolute Gasteiger partial charge is 0.358 e. The highest BCUT2D eigenvalue weighted by Gasteiger charge is 2.52. The van der Waals surface area contributed by atoms with Gasteiger partial charge in [0.1, 0.15) is 0 Å². The molecule has 0 amide bonds. The molecule has 3 aromatic rings. The number of hydrogen-bond acceptors (Lipinski definition) is 4. The Morgan fingerprint density at radius 1 is 0.692 bits per heavy atom. The van der Waals surface area contributed by atoms with Gasteiger partial charge in [-0.05, 0) is 148 Å². The highest BCUT2D eigenvalue weighted by Crippen LogP contribution is 2.55. The molecule has 0 fully saturated rings. The molecule has 7 atom stereocenters. The monoisotopic (exact) mass is 850 g/mol. The molecule has 0 radical (unpaired) electrons. The van der Waals surface area contributed by atoms with Gasteiger partial charge in [0.2, 0.25) is 0 Å². The van der Waals surface area contributed by atoms with E-state index in [1.165, 1.54) is 51.8 Å². The number of nitrogens with zero attached hydrogens (tertiary/aromatic N) is 4. The van der Waals surface area contributed by atoms with Crippen molar-refractivity contribution in [1.82, 2.24) is 9.80 Å². The molecule has 65 heavy (non-hydrogen) atoms. The van der Waals surface area contributed by atoms with Crippen molar-refractivity contribution in [3.8, 4) is 0 Å². The molecule has 4 heteroatoms. The third kappa shape index (κ3) is 6.86. The van der Waals surface area contributed by atoms with Gasteiger partial charge >= 0.3 is 0 Å². The topological polar surface area (TPSA) is 13.0 Å². The lowest BCUT2D eigenvalue weighted by Gasteiger charge is -2.48. The van der Waals surface area contributed by atoms with Crippen LogP contribution in [-0.2, 0) is 0 Å². The maximum absolute atomic E-state index is 2.81. The summed E-state index contributed by atoms with van der Waals surface area (Å²) in [6.45, 7) is 5.03. The number of benzene rings is 3. The van der Waals surface area contributed by atoms with Gasteiger partial charge in [0, 0.05) is 75.8 Å². The van der Waals surface area contributed by atoms with Gasteiger partial charge in [-0.3, -0.25) is 0 Å². The summed E-state index contributed by atoms with van der Waals surface area (Å²) in [6.07, 6.45) is 49.4.